The maximum atomic E-state index is 11.8. The maximum Gasteiger partial charge on any atom is 0.460 e. The van der Waals surface area contributed by atoms with E-state index in [9.17, 15) is 35.5 Å². The summed E-state index contributed by atoms with van der Waals surface area (Å²) in [4.78, 5) is 9.38. The number of carboxylic acid groups (broad SMARTS) is 1. The predicted octanol–water partition coefficient (Wildman–Crippen LogP) is 1.90. The Bertz CT molecular complexity index is 217. The average Bonchev–Trinajstić information content (AvgIpc) is 1.84. The number of halogens is 7. The van der Waals surface area contributed by atoms with Gasteiger partial charge in [-0.15, -0.1) is 0 Å². The Morgan fingerprint density at radius 1 is 0.923 bits per heavy atom. The van der Waals surface area contributed by atoms with Gasteiger partial charge in [-0.1, -0.05) is 0 Å². The number of hydrogen-bond acceptors (Lipinski definition) is 1. The summed E-state index contributed by atoms with van der Waals surface area (Å²) in [7, 11) is 0. The number of aliphatic carboxylic acids is 1. The van der Waals surface area contributed by atoms with Crippen molar-refractivity contribution in [1.29, 1.82) is 0 Å². The first-order chi connectivity index (χ1) is 5.44. The van der Waals surface area contributed by atoms with Crippen molar-refractivity contribution in [3.05, 3.63) is 0 Å². The molecular formula is C4HF7O2. The van der Waals surface area contributed by atoms with E-state index in [4.69, 9.17) is 5.11 Å². The van der Waals surface area contributed by atoms with Gasteiger partial charge in [0.05, 0.1) is 0 Å². The van der Waals surface area contributed by atoms with E-state index in [0.717, 1.165) is 0 Å². The number of rotatable bonds is 2. The standard InChI is InChI=1S/C4HF7O2/c5-2(6,1(12)13)3(7,8)4(9,10)11/h(H,12,13)/i2+1,3+1,4+1. The molecule has 78 valence electrons. The summed E-state index contributed by atoms with van der Waals surface area (Å²) in [5, 5.41) is 7.41. The Balaban J connectivity index is 5.16. The van der Waals surface area contributed by atoms with Gasteiger partial charge in [-0.25, -0.2) is 4.79 Å². The lowest BCUT2D eigenvalue weighted by atomic mass is 10.9. The van der Waals surface area contributed by atoms with Gasteiger partial charge in [0.1, 0.15) is 0 Å². The highest BCUT2D eigenvalue weighted by molar-refractivity contribution is 5.76. The second kappa shape index (κ2) is 2.74. The van der Waals surface area contributed by atoms with E-state index < -0.39 is 24.0 Å². The number of alkyl halides is 7. The van der Waals surface area contributed by atoms with Crippen molar-refractivity contribution < 1.29 is 40.6 Å². The molecule has 0 spiro atoms. The third kappa shape index (κ3) is 1.68. The smallest absolute Gasteiger partial charge is 0.460 e. The topological polar surface area (TPSA) is 37.3 Å². The van der Waals surface area contributed by atoms with Gasteiger partial charge in [-0.2, -0.15) is 30.7 Å². The van der Waals surface area contributed by atoms with Crippen LogP contribution in [0.1, 0.15) is 0 Å². The second-order valence-corrected chi connectivity index (χ2v) is 1.95. The molecular weight excluding hydrogens is 216 g/mol. The number of hydrogen-bond donors (Lipinski definition) is 1. The molecule has 0 aliphatic carbocycles. The fourth-order valence-electron chi connectivity index (χ4n) is 0.312. The van der Waals surface area contributed by atoms with Crippen molar-refractivity contribution in [2.24, 2.45) is 0 Å². The molecule has 0 saturated carbocycles. The number of carboxylic acids is 1. The molecule has 0 aliphatic rings. The SMILES string of the molecule is O=C(O)[13C](F)(F)[13C](F)(F)[13C](F)(F)F. The zero-order valence-electron chi connectivity index (χ0n) is 5.50. The molecule has 0 rings (SSSR count). The van der Waals surface area contributed by atoms with E-state index in [1.165, 1.54) is 0 Å². The summed E-state index contributed by atoms with van der Waals surface area (Å²) in [5.74, 6) is -16.3. The fraction of sp³-hybridized carbons (Fsp3) is 0.750. The fourth-order valence-corrected chi connectivity index (χ4v) is 0.312. The lowest BCUT2D eigenvalue weighted by Gasteiger charge is -2.24. The van der Waals surface area contributed by atoms with Crippen LogP contribution >= 0.6 is 0 Å². The summed E-state index contributed by atoms with van der Waals surface area (Å²) >= 11 is 0. The Morgan fingerprint density at radius 2 is 1.23 bits per heavy atom. The molecule has 0 unspecified atom stereocenters. The van der Waals surface area contributed by atoms with Gasteiger partial charge in [0.2, 0.25) is 0 Å². The minimum atomic E-state index is -6.60. The largest absolute Gasteiger partial charge is 0.477 e. The van der Waals surface area contributed by atoms with Gasteiger partial charge < -0.3 is 5.11 Å². The molecule has 2 nitrogen and oxygen atoms in total. The predicted molar refractivity (Wildman–Crippen MR) is 23.6 cm³/mol. The van der Waals surface area contributed by atoms with Crippen LogP contribution < -0.4 is 0 Å². The molecule has 0 aromatic heterocycles. The van der Waals surface area contributed by atoms with E-state index >= 15 is 0 Å². The molecule has 0 saturated heterocycles. The monoisotopic (exact) mass is 217 g/mol. The molecule has 0 aliphatic heterocycles. The summed E-state index contributed by atoms with van der Waals surface area (Å²) < 4.78 is 80.5. The van der Waals surface area contributed by atoms with E-state index in [1.54, 1.807) is 0 Å². The normalized spacial score (nSPS) is 14.4. The van der Waals surface area contributed by atoms with E-state index in [2.05, 4.69) is 0 Å². The molecule has 13 heavy (non-hydrogen) atoms. The van der Waals surface area contributed by atoms with Crippen LogP contribution in [0.15, 0.2) is 0 Å². The van der Waals surface area contributed by atoms with Crippen LogP contribution in [0.5, 0.6) is 0 Å². The van der Waals surface area contributed by atoms with Crippen molar-refractivity contribution >= 4 is 5.97 Å². The zero-order chi connectivity index (χ0) is 11.1. The summed E-state index contributed by atoms with van der Waals surface area (Å²) in [6, 6.07) is 0. The van der Waals surface area contributed by atoms with Crippen molar-refractivity contribution in [1.82, 2.24) is 0 Å². The average molecular weight is 217 g/mol. The first kappa shape index (κ1) is 12.0. The first-order valence-electron chi connectivity index (χ1n) is 2.50. The highest BCUT2D eigenvalue weighted by Gasteiger charge is 2.76. The third-order valence-electron chi connectivity index (χ3n) is 1.02. The summed E-state index contributed by atoms with van der Waals surface area (Å²) in [6.45, 7) is 0. The van der Waals surface area contributed by atoms with Gasteiger partial charge in [-0.3, -0.25) is 0 Å². The number of carbonyl (C=O) groups is 1. The Labute approximate surface area is 65.9 Å². The maximum absolute atomic E-state index is 11.8. The summed E-state index contributed by atoms with van der Waals surface area (Å²) in [5.41, 5.74) is 0. The van der Waals surface area contributed by atoms with Crippen molar-refractivity contribution in [2.75, 3.05) is 0 Å². The van der Waals surface area contributed by atoms with Crippen molar-refractivity contribution in [3.8, 4) is 0 Å². The van der Waals surface area contributed by atoms with Crippen LogP contribution in [0.3, 0.4) is 0 Å². The summed E-state index contributed by atoms with van der Waals surface area (Å²) in [6.07, 6.45) is -6.60. The minimum absolute atomic E-state index is 3.53. The molecule has 0 radical (unpaired) electrons. The lowest BCUT2D eigenvalue weighted by Crippen LogP contribution is -2.56. The Morgan fingerprint density at radius 3 is 1.31 bits per heavy atom. The minimum Gasteiger partial charge on any atom is -0.477 e. The van der Waals surface area contributed by atoms with Crippen LogP contribution in [-0.2, 0) is 4.79 Å². The first-order valence-corrected chi connectivity index (χ1v) is 2.50. The molecule has 0 aromatic carbocycles. The van der Waals surface area contributed by atoms with Gasteiger partial charge in [0, 0.05) is 0 Å². The third-order valence-corrected chi connectivity index (χ3v) is 1.02. The Hall–Kier alpha value is -1.02. The van der Waals surface area contributed by atoms with Crippen molar-refractivity contribution in [3.63, 3.8) is 0 Å². The van der Waals surface area contributed by atoms with E-state index in [1.807, 2.05) is 0 Å². The van der Waals surface area contributed by atoms with Crippen LogP contribution in [-0.4, -0.2) is 29.1 Å². The molecule has 0 bridgehead atoms. The highest BCUT2D eigenvalue weighted by atomic mass is 19.5. The van der Waals surface area contributed by atoms with Gasteiger partial charge in [-0.05, 0) is 0 Å². The quantitative estimate of drug-likeness (QED) is 0.566. The van der Waals surface area contributed by atoms with Crippen LogP contribution in [0.4, 0.5) is 30.7 Å². The molecule has 0 atom stereocenters. The second-order valence-electron chi connectivity index (χ2n) is 1.95. The molecule has 0 heterocycles. The zero-order valence-corrected chi connectivity index (χ0v) is 5.50. The Kier molecular flexibility index (Phi) is 2.52. The molecule has 0 amide bonds. The van der Waals surface area contributed by atoms with E-state index in [-0.39, 0.29) is 0 Å². The highest BCUT2D eigenvalue weighted by Crippen LogP contribution is 2.46. The van der Waals surface area contributed by atoms with Gasteiger partial charge in [0.15, 0.2) is 0 Å². The van der Waals surface area contributed by atoms with Crippen LogP contribution in [0.2, 0.25) is 0 Å². The van der Waals surface area contributed by atoms with E-state index in [0.29, 0.717) is 0 Å². The molecule has 9 heteroatoms. The molecule has 0 fully saturated rings. The van der Waals surface area contributed by atoms with Crippen LogP contribution in [0.25, 0.3) is 0 Å². The molecule has 1 N–H and O–H groups in total. The lowest BCUT2D eigenvalue weighted by molar-refractivity contribution is -0.347. The van der Waals surface area contributed by atoms with Gasteiger partial charge >= 0.3 is 24.0 Å². The molecule has 0 aromatic rings. The van der Waals surface area contributed by atoms with Gasteiger partial charge in [0.25, 0.3) is 0 Å². The van der Waals surface area contributed by atoms with Crippen LogP contribution in [0, 0.1) is 0 Å². The van der Waals surface area contributed by atoms with Crippen molar-refractivity contribution in [2.45, 2.75) is 18.0 Å².